The van der Waals surface area contributed by atoms with E-state index >= 15 is 0 Å². The van der Waals surface area contributed by atoms with Crippen molar-refractivity contribution in [1.29, 1.82) is 0 Å². The molecule has 0 amide bonds. The molecule has 1 saturated heterocycles. The van der Waals surface area contributed by atoms with Crippen LogP contribution in [0.1, 0.15) is 0 Å². The number of rotatable bonds is 0. The van der Waals surface area contributed by atoms with Crippen molar-refractivity contribution in [1.82, 2.24) is 0 Å². The van der Waals surface area contributed by atoms with Crippen molar-refractivity contribution in [2.45, 2.75) is 0 Å². The first-order chi connectivity index (χ1) is 3.00. The first-order valence-electron chi connectivity index (χ1n) is 2.26. The minimum absolute atomic E-state index is 0. The Hall–Kier alpha value is 1.19. The van der Waals surface area contributed by atoms with E-state index in [-0.39, 0.29) is 39.6 Å². The van der Waals surface area contributed by atoms with Crippen LogP contribution in [0.15, 0.2) is 0 Å². The van der Waals surface area contributed by atoms with E-state index in [2.05, 4.69) is 10.6 Å². The molecule has 0 N–H and O–H groups in total. The predicted octanol–water partition coefficient (Wildman–Crippen LogP) is 0.742. The van der Waals surface area contributed by atoms with E-state index in [0.717, 1.165) is 26.2 Å². The van der Waals surface area contributed by atoms with Gasteiger partial charge >= 0.3 is 0 Å². The molecule has 1 aliphatic heterocycles. The van der Waals surface area contributed by atoms with Gasteiger partial charge in [0, 0.05) is 39.6 Å². The largest absolute Gasteiger partial charge is 0.665 e. The van der Waals surface area contributed by atoms with Crippen LogP contribution in [-0.2, 0) is 39.6 Å². The summed E-state index contributed by atoms with van der Waals surface area (Å²) >= 11 is 0. The van der Waals surface area contributed by atoms with Crippen LogP contribution < -0.4 is 0 Å². The van der Waals surface area contributed by atoms with Crippen LogP contribution in [0, 0.1) is 0 Å². The van der Waals surface area contributed by atoms with Gasteiger partial charge in [-0.05, 0) is 0 Å². The Morgan fingerprint density at radius 3 is 1.12 bits per heavy atom. The Morgan fingerprint density at radius 2 is 1.00 bits per heavy atom. The van der Waals surface area contributed by atoms with Crippen molar-refractivity contribution < 1.29 is 39.6 Å². The van der Waals surface area contributed by atoms with Crippen LogP contribution >= 0.6 is 0 Å². The van der Waals surface area contributed by atoms with Crippen molar-refractivity contribution in [3.63, 3.8) is 0 Å². The summed E-state index contributed by atoms with van der Waals surface area (Å²) in [6, 6.07) is 0. The summed E-state index contributed by atoms with van der Waals surface area (Å²) in [6.45, 7) is 3.83. The molecule has 0 aromatic heterocycles. The third-order valence-corrected chi connectivity index (χ3v) is 0.832. The molecule has 0 aromatic carbocycles. The Morgan fingerprint density at radius 1 is 0.750 bits per heavy atom. The molecule has 0 saturated carbocycles. The maximum atomic E-state index is 4.08. The summed E-state index contributed by atoms with van der Waals surface area (Å²) in [4.78, 5) is 0. The zero-order valence-electron chi connectivity index (χ0n) is 4.58. The second-order valence-corrected chi connectivity index (χ2v) is 1.34. The molecule has 0 spiro atoms. The molecule has 2 nitrogen and oxygen atoms in total. The van der Waals surface area contributed by atoms with Crippen molar-refractivity contribution in [3.05, 3.63) is 10.6 Å². The number of hydrogen-bond donors (Lipinski definition) is 0. The zero-order valence-corrected chi connectivity index (χ0v) is 8.91. The minimum atomic E-state index is 0. The molecule has 4 heteroatoms. The fourth-order valence-electron chi connectivity index (χ4n) is 0.506. The van der Waals surface area contributed by atoms with Gasteiger partial charge in [-0.2, -0.15) is 26.2 Å². The molecule has 47 valence electrons. The maximum Gasteiger partial charge on any atom is 0 e. The van der Waals surface area contributed by atoms with Crippen LogP contribution in [0.2, 0.25) is 0 Å². The smallest absolute Gasteiger partial charge is 0 e. The third-order valence-electron chi connectivity index (χ3n) is 0.832. The molecule has 0 atom stereocenters. The molecule has 8 heavy (non-hydrogen) atoms. The van der Waals surface area contributed by atoms with E-state index in [0.29, 0.717) is 0 Å². The third kappa shape index (κ3) is 5.33. The van der Waals surface area contributed by atoms with Gasteiger partial charge in [-0.3, -0.25) is 0 Å². The summed E-state index contributed by atoms with van der Waals surface area (Å²) in [5.74, 6) is 0. The topological polar surface area (TPSA) is 28.2 Å². The van der Waals surface area contributed by atoms with Crippen molar-refractivity contribution >= 4 is 0 Å². The molecule has 1 aliphatic rings. The average molecular weight is 319 g/mol. The normalized spacial score (nSPS) is 18.0. The van der Waals surface area contributed by atoms with Crippen LogP contribution in [0.25, 0.3) is 10.6 Å². The monoisotopic (exact) mass is 319 g/mol. The van der Waals surface area contributed by atoms with Gasteiger partial charge in [-0.1, -0.05) is 0 Å². The van der Waals surface area contributed by atoms with Gasteiger partial charge in [0.1, 0.15) is 0 Å². The average Bonchev–Trinajstić information content (AvgIpc) is 1.72. The van der Waals surface area contributed by atoms with Crippen molar-refractivity contribution in [2.75, 3.05) is 26.2 Å². The molecular formula is C4H8N2VW-2. The van der Waals surface area contributed by atoms with Crippen LogP contribution in [-0.4, -0.2) is 26.2 Å². The van der Waals surface area contributed by atoms with Gasteiger partial charge in [-0.25, -0.2) is 0 Å². The van der Waals surface area contributed by atoms with Gasteiger partial charge in [0.15, 0.2) is 0 Å². The molecular weight excluding hydrogens is 311 g/mol. The van der Waals surface area contributed by atoms with Crippen LogP contribution in [0.3, 0.4) is 0 Å². The van der Waals surface area contributed by atoms with E-state index in [1.54, 1.807) is 0 Å². The Balaban J connectivity index is 0. The van der Waals surface area contributed by atoms with Gasteiger partial charge in [-0.15, -0.1) is 0 Å². The first-order valence-corrected chi connectivity index (χ1v) is 2.26. The summed E-state index contributed by atoms with van der Waals surface area (Å²) < 4.78 is 0. The molecule has 0 unspecified atom stereocenters. The van der Waals surface area contributed by atoms with Crippen LogP contribution in [0.5, 0.6) is 0 Å². The van der Waals surface area contributed by atoms with Gasteiger partial charge < -0.3 is 10.6 Å². The van der Waals surface area contributed by atoms with E-state index < -0.39 is 0 Å². The predicted molar refractivity (Wildman–Crippen MR) is 26.2 cm³/mol. The number of nitrogens with zero attached hydrogens (tertiary/aromatic N) is 2. The molecule has 1 fully saturated rings. The van der Waals surface area contributed by atoms with Crippen molar-refractivity contribution in [3.8, 4) is 0 Å². The zero-order chi connectivity index (χ0) is 4.24. The quantitative estimate of drug-likeness (QED) is 0.630. The first kappa shape index (κ1) is 11.9. The summed E-state index contributed by atoms with van der Waals surface area (Å²) in [6.07, 6.45) is 0. The minimum Gasteiger partial charge on any atom is -0.665 e. The molecule has 1 rings (SSSR count). The maximum absolute atomic E-state index is 4.08. The molecule has 0 aromatic rings. The van der Waals surface area contributed by atoms with Crippen LogP contribution in [0.4, 0.5) is 0 Å². The molecule has 0 aliphatic carbocycles. The summed E-state index contributed by atoms with van der Waals surface area (Å²) in [5.41, 5.74) is 0. The fourth-order valence-corrected chi connectivity index (χ4v) is 0.506. The fraction of sp³-hybridized carbons (Fsp3) is 1.00. The van der Waals surface area contributed by atoms with E-state index in [9.17, 15) is 0 Å². The van der Waals surface area contributed by atoms with Gasteiger partial charge in [0.2, 0.25) is 0 Å². The molecule has 0 bridgehead atoms. The standard InChI is InChI=1S/C4H8N2.V.W/c1-2-6-4-3-5-1;;/h1-4H2;;/q-2;;. The Labute approximate surface area is 76.3 Å². The van der Waals surface area contributed by atoms with E-state index in [1.165, 1.54) is 0 Å². The molecule has 1 radical (unpaired) electrons. The summed E-state index contributed by atoms with van der Waals surface area (Å²) in [5, 5.41) is 8.17. The SMILES string of the molecule is C1C[N-]CC[N-]1.[V].[W]. The Kier molecular flexibility index (Phi) is 12.2. The number of hydrogen-bond acceptors (Lipinski definition) is 0. The van der Waals surface area contributed by atoms with Gasteiger partial charge in [0.25, 0.3) is 0 Å². The molecule has 1 heterocycles. The second kappa shape index (κ2) is 8.19. The van der Waals surface area contributed by atoms with E-state index in [1.807, 2.05) is 0 Å². The van der Waals surface area contributed by atoms with E-state index in [4.69, 9.17) is 0 Å². The Bertz CT molecular complexity index is 29.5. The van der Waals surface area contributed by atoms with Gasteiger partial charge in [0.05, 0.1) is 0 Å². The van der Waals surface area contributed by atoms with Crippen molar-refractivity contribution in [2.24, 2.45) is 0 Å². The number of piperazine rings is 1. The summed E-state index contributed by atoms with van der Waals surface area (Å²) in [7, 11) is 0. The second-order valence-electron chi connectivity index (χ2n) is 1.34.